The highest BCUT2D eigenvalue weighted by Gasteiger charge is 2.23. The van der Waals surface area contributed by atoms with Crippen molar-refractivity contribution in [2.45, 2.75) is 20.0 Å². The molecule has 0 unspecified atom stereocenters. The molecule has 0 fully saturated rings. The zero-order valence-electron chi connectivity index (χ0n) is 18.9. The molecule has 1 aromatic carbocycles. The van der Waals surface area contributed by atoms with Gasteiger partial charge in [0.2, 0.25) is 10.8 Å². The lowest BCUT2D eigenvalue weighted by molar-refractivity contribution is 0.159. The minimum atomic E-state index is -0.765. The summed E-state index contributed by atoms with van der Waals surface area (Å²) in [5, 5.41) is 5.41. The molecule has 0 spiro atoms. The molecule has 0 bridgehead atoms. The second kappa shape index (κ2) is 9.89. The summed E-state index contributed by atoms with van der Waals surface area (Å²) in [7, 11) is 2.99. The molecule has 4 aromatic rings. The van der Waals surface area contributed by atoms with Gasteiger partial charge in [-0.25, -0.2) is 23.9 Å². The van der Waals surface area contributed by atoms with Crippen LogP contribution in [0, 0.1) is 12.7 Å². The van der Waals surface area contributed by atoms with Gasteiger partial charge in [-0.2, -0.15) is 4.37 Å². The van der Waals surface area contributed by atoms with Gasteiger partial charge in [0.1, 0.15) is 23.3 Å². The third-order valence-electron chi connectivity index (χ3n) is 4.80. The van der Waals surface area contributed by atoms with Gasteiger partial charge in [-0.1, -0.05) is 12.1 Å². The van der Waals surface area contributed by atoms with E-state index >= 15 is 0 Å². The minimum Gasteiger partial charge on any atom is -0.439 e. The van der Waals surface area contributed by atoms with Crippen LogP contribution in [0.3, 0.4) is 0 Å². The van der Waals surface area contributed by atoms with Gasteiger partial charge in [-0.05, 0) is 24.6 Å². The zero-order chi connectivity index (χ0) is 25.1. The number of anilines is 1. The highest BCUT2D eigenvalue weighted by molar-refractivity contribution is 7.09. The van der Waals surface area contributed by atoms with Crippen molar-refractivity contribution in [1.82, 2.24) is 29.1 Å². The van der Waals surface area contributed by atoms with Crippen molar-refractivity contribution in [1.29, 1.82) is 0 Å². The monoisotopic (exact) mass is 501 g/mol. The highest BCUT2D eigenvalue weighted by Crippen LogP contribution is 2.29. The molecule has 0 saturated heterocycles. The molecule has 0 aliphatic heterocycles. The highest BCUT2D eigenvalue weighted by atomic mass is 32.1. The number of nitrogens with one attached hydrogen (secondary N) is 2. The number of halogens is 1. The van der Waals surface area contributed by atoms with Gasteiger partial charge >= 0.3 is 12.1 Å². The Hall–Kier alpha value is -4.33. The summed E-state index contributed by atoms with van der Waals surface area (Å²) < 4.78 is 29.4. The molecule has 3 amide bonds. The number of amides is 3. The van der Waals surface area contributed by atoms with E-state index < -0.39 is 23.5 Å². The molecule has 35 heavy (non-hydrogen) atoms. The number of aromatic nitrogens is 4. The predicted octanol–water partition coefficient (Wildman–Crippen LogP) is 2.78. The molecule has 14 heteroatoms. The topological polar surface area (TPSA) is 144 Å². The first-order valence-corrected chi connectivity index (χ1v) is 11.0. The molecule has 0 aliphatic rings. The van der Waals surface area contributed by atoms with Crippen LogP contribution < -0.4 is 20.9 Å². The number of benzene rings is 1. The van der Waals surface area contributed by atoms with Crippen LogP contribution in [0.2, 0.25) is 0 Å². The Labute approximate surface area is 201 Å². The molecule has 0 aliphatic carbocycles. The Morgan fingerprint density at radius 3 is 2.91 bits per heavy atom. The Morgan fingerprint density at radius 1 is 1.34 bits per heavy atom. The van der Waals surface area contributed by atoms with Crippen LogP contribution >= 0.6 is 11.5 Å². The summed E-state index contributed by atoms with van der Waals surface area (Å²) in [6.07, 6.45) is 0.547. The largest absolute Gasteiger partial charge is 0.439 e. The number of urea groups is 1. The number of aryl methyl sites for hydroxylation is 2. The molecular formula is C21H20FN7O5S. The van der Waals surface area contributed by atoms with E-state index in [0.29, 0.717) is 5.56 Å². The Balaban J connectivity index is 1.34. The second-order valence-electron chi connectivity index (χ2n) is 7.51. The summed E-state index contributed by atoms with van der Waals surface area (Å²) in [5.41, 5.74) is 0.265. The number of hydrogen-bond donors (Lipinski definition) is 2. The predicted molar refractivity (Wildman–Crippen MR) is 124 cm³/mol. The molecule has 12 nitrogen and oxygen atoms in total. The first-order valence-electron chi connectivity index (χ1n) is 10.2. The summed E-state index contributed by atoms with van der Waals surface area (Å²) in [6.45, 7) is 1.67. The van der Waals surface area contributed by atoms with Gasteiger partial charge in [-0.3, -0.25) is 10.1 Å². The van der Waals surface area contributed by atoms with E-state index in [2.05, 4.69) is 25.0 Å². The van der Waals surface area contributed by atoms with Crippen molar-refractivity contribution < 1.29 is 23.1 Å². The maximum Gasteiger partial charge on any atom is 0.415 e. The van der Waals surface area contributed by atoms with Crippen molar-refractivity contribution in [2.24, 2.45) is 7.05 Å². The number of rotatable bonds is 6. The second-order valence-corrected chi connectivity index (χ2v) is 8.26. The van der Waals surface area contributed by atoms with E-state index in [1.807, 2.05) is 0 Å². The summed E-state index contributed by atoms with van der Waals surface area (Å²) in [6, 6.07) is 5.33. The number of nitrogens with zero attached hydrogens (tertiary/aromatic N) is 5. The Bertz CT molecular complexity index is 1460. The number of ether oxygens (including phenoxy) is 1. The molecule has 3 heterocycles. The molecule has 0 saturated carbocycles. The van der Waals surface area contributed by atoms with Gasteiger partial charge in [0.05, 0.1) is 6.54 Å². The van der Waals surface area contributed by atoms with Crippen LogP contribution in [0.1, 0.15) is 17.1 Å². The fraction of sp³-hybridized carbons (Fsp3) is 0.238. The van der Waals surface area contributed by atoms with E-state index in [9.17, 15) is 18.8 Å². The van der Waals surface area contributed by atoms with E-state index in [4.69, 9.17) is 9.15 Å². The maximum atomic E-state index is 13.2. The third kappa shape index (κ3) is 5.43. The van der Waals surface area contributed by atoms with Crippen molar-refractivity contribution in [3.63, 3.8) is 0 Å². The average molecular weight is 502 g/mol. The number of carbonyl (C=O) groups excluding carboxylic acids is 2. The normalized spacial score (nSPS) is 10.9. The maximum absolute atomic E-state index is 13.2. The number of hydrogen-bond acceptors (Lipinski definition) is 9. The third-order valence-corrected chi connectivity index (χ3v) is 5.47. The number of carbonyl (C=O) groups is 2. The van der Waals surface area contributed by atoms with Crippen LogP contribution in [0.25, 0.3) is 11.1 Å². The van der Waals surface area contributed by atoms with Crippen LogP contribution in [-0.2, 0) is 20.1 Å². The van der Waals surface area contributed by atoms with E-state index in [-0.39, 0.29) is 46.7 Å². The van der Waals surface area contributed by atoms with Crippen LogP contribution in [0.15, 0.2) is 39.8 Å². The average Bonchev–Trinajstić information content (AvgIpc) is 3.38. The fourth-order valence-corrected chi connectivity index (χ4v) is 3.64. The summed E-state index contributed by atoms with van der Waals surface area (Å²) >= 11 is 0.930. The van der Waals surface area contributed by atoms with Crippen molar-refractivity contribution in [3.05, 3.63) is 63.9 Å². The van der Waals surface area contributed by atoms with Gasteiger partial charge in [0.15, 0.2) is 11.6 Å². The summed E-state index contributed by atoms with van der Waals surface area (Å²) in [4.78, 5) is 46.5. The van der Waals surface area contributed by atoms with Gasteiger partial charge < -0.3 is 23.9 Å². The van der Waals surface area contributed by atoms with Crippen molar-refractivity contribution in [2.75, 3.05) is 12.4 Å². The lowest BCUT2D eigenvalue weighted by atomic mass is 10.2. The van der Waals surface area contributed by atoms with Gasteiger partial charge in [0, 0.05) is 32.2 Å². The van der Waals surface area contributed by atoms with Crippen LogP contribution in [-0.4, -0.2) is 43.0 Å². The minimum absolute atomic E-state index is 0.00545. The fourth-order valence-electron chi connectivity index (χ4n) is 3.07. The first kappa shape index (κ1) is 23.8. The van der Waals surface area contributed by atoms with E-state index in [1.54, 1.807) is 19.1 Å². The molecule has 4 rings (SSSR count). The summed E-state index contributed by atoms with van der Waals surface area (Å²) in [5.74, 6) is 0.104. The Morgan fingerprint density at radius 2 is 2.14 bits per heavy atom. The SMILES string of the molecule is Cc1oc2ncn(C)c(=O)c2c1OC(=O)N(C)Cc1nsc(NC(=O)NCc2cccc(F)c2)n1. The molecule has 0 radical (unpaired) electrons. The van der Waals surface area contributed by atoms with E-state index in [1.165, 1.54) is 42.0 Å². The molecule has 0 atom stereocenters. The molecule has 2 N–H and O–H groups in total. The smallest absolute Gasteiger partial charge is 0.415 e. The van der Waals surface area contributed by atoms with Gasteiger partial charge in [0.25, 0.3) is 5.56 Å². The standard InChI is InChI=1S/C21H20FN7O5S/c1-11-16(15-17(33-11)24-10-29(3)18(15)30)34-21(32)28(2)9-14-25-20(35-27-14)26-19(31)23-8-12-5-4-6-13(22)7-12/h4-7,10H,8-9H2,1-3H3,(H2,23,25,26,27,31). The van der Waals surface area contributed by atoms with Gasteiger partial charge in [-0.15, -0.1) is 0 Å². The molecule has 182 valence electrons. The first-order chi connectivity index (χ1) is 16.7. The lowest BCUT2D eigenvalue weighted by Gasteiger charge is -2.14. The van der Waals surface area contributed by atoms with Crippen molar-refractivity contribution in [3.8, 4) is 5.75 Å². The number of furan rings is 1. The van der Waals surface area contributed by atoms with E-state index in [0.717, 1.165) is 11.5 Å². The zero-order valence-corrected chi connectivity index (χ0v) is 19.7. The number of fused-ring (bicyclic) bond motifs is 1. The van der Waals surface area contributed by atoms with Crippen LogP contribution in [0.5, 0.6) is 5.75 Å². The quantitative estimate of drug-likeness (QED) is 0.410. The Kier molecular flexibility index (Phi) is 6.73. The van der Waals surface area contributed by atoms with Crippen LogP contribution in [0.4, 0.5) is 19.1 Å². The van der Waals surface area contributed by atoms with Crippen molar-refractivity contribution >= 4 is 39.9 Å². The molecule has 3 aromatic heterocycles. The molecular weight excluding hydrogens is 481 g/mol. The lowest BCUT2D eigenvalue weighted by Crippen LogP contribution is -2.30.